The Morgan fingerprint density at radius 1 is 1.32 bits per heavy atom. The van der Waals surface area contributed by atoms with Crippen molar-refractivity contribution < 1.29 is 9.53 Å². The summed E-state index contributed by atoms with van der Waals surface area (Å²) in [5.74, 6) is 0.370. The number of anilines is 2. The Kier molecular flexibility index (Phi) is 6.59. The lowest BCUT2D eigenvalue weighted by Gasteiger charge is -2.36. The number of nitrogens with one attached hydrogen (secondary N) is 1. The topological polar surface area (TPSA) is 102 Å². The van der Waals surface area contributed by atoms with Crippen LogP contribution < -0.4 is 11.1 Å². The molecule has 2 heterocycles. The molecule has 8 heteroatoms. The fourth-order valence-corrected chi connectivity index (χ4v) is 4.56. The second-order valence-electron chi connectivity index (χ2n) is 7.94. The maximum absolute atomic E-state index is 11.4. The maximum Gasteiger partial charge on any atom is 0.305 e. The van der Waals surface area contributed by atoms with Gasteiger partial charge in [-0.1, -0.05) is 32.0 Å². The van der Waals surface area contributed by atoms with Gasteiger partial charge >= 0.3 is 5.97 Å². The molecule has 0 saturated heterocycles. The number of thioether (sulfide) groups is 1. The SMILES string of the molecule is CCOC(=O)CCCCCN=C1CC(C)(C)CC2=C1Sc1ncnc(N)c1N2. The predicted octanol–water partition coefficient (Wildman–Crippen LogP) is 4.17. The van der Waals surface area contributed by atoms with Gasteiger partial charge in [-0.2, -0.15) is 0 Å². The van der Waals surface area contributed by atoms with Gasteiger partial charge in [0.15, 0.2) is 5.82 Å². The molecule has 152 valence electrons. The van der Waals surface area contributed by atoms with Crippen LogP contribution in [-0.4, -0.2) is 34.8 Å². The van der Waals surface area contributed by atoms with Gasteiger partial charge in [0, 0.05) is 18.7 Å². The number of aliphatic imine (C=N–C) groups is 1. The highest BCUT2D eigenvalue weighted by atomic mass is 32.2. The lowest BCUT2D eigenvalue weighted by molar-refractivity contribution is -0.143. The number of unbranched alkanes of at least 4 members (excludes halogenated alkanes) is 2. The Balaban J connectivity index is 1.64. The van der Waals surface area contributed by atoms with Crippen molar-refractivity contribution in [1.82, 2.24) is 9.97 Å². The Hall–Kier alpha value is -2.09. The van der Waals surface area contributed by atoms with Crippen molar-refractivity contribution in [3.8, 4) is 0 Å². The summed E-state index contributed by atoms with van der Waals surface area (Å²) in [5, 5.41) is 4.32. The summed E-state index contributed by atoms with van der Waals surface area (Å²) in [6.07, 6.45) is 6.68. The first-order valence-electron chi connectivity index (χ1n) is 9.87. The number of nitrogen functional groups attached to an aromatic ring is 1. The molecule has 0 atom stereocenters. The number of esters is 1. The minimum atomic E-state index is -0.109. The molecule has 0 amide bonds. The van der Waals surface area contributed by atoms with Crippen LogP contribution in [0.25, 0.3) is 0 Å². The molecule has 0 spiro atoms. The fourth-order valence-electron chi connectivity index (χ4n) is 3.51. The van der Waals surface area contributed by atoms with Crippen LogP contribution in [0.4, 0.5) is 11.5 Å². The molecule has 0 saturated carbocycles. The molecular formula is C20H29N5O2S. The lowest BCUT2D eigenvalue weighted by atomic mass is 9.78. The molecule has 1 aliphatic heterocycles. The zero-order valence-electron chi connectivity index (χ0n) is 16.9. The van der Waals surface area contributed by atoms with Crippen LogP contribution in [0.2, 0.25) is 0 Å². The van der Waals surface area contributed by atoms with Crippen molar-refractivity contribution in [3.05, 3.63) is 16.9 Å². The average Bonchev–Trinajstić information content (AvgIpc) is 2.63. The fraction of sp³-hybridized carbons (Fsp3) is 0.600. The molecule has 0 aromatic carbocycles. The van der Waals surface area contributed by atoms with Gasteiger partial charge in [-0.05, 0) is 38.0 Å². The molecule has 2 aliphatic rings. The van der Waals surface area contributed by atoms with Crippen molar-refractivity contribution in [2.24, 2.45) is 10.4 Å². The van der Waals surface area contributed by atoms with Gasteiger partial charge in [0.25, 0.3) is 0 Å². The first-order valence-corrected chi connectivity index (χ1v) is 10.7. The number of nitrogens with two attached hydrogens (primary N) is 1. The zero-order valence-corrected chi connectivity index (χ0v) is 17.7. The molecule has 1 aliphatic carbocycles. The van der Waals surface area contributed by atoms with E-state index in [1.54, 1.807) is 11.8 Å². The monoisotopic (exact) mass is 403 g/mol. The van der Waals surface area contributed by atoms with Crippen LogP contribution >= 0.6 is 11.8 Å². The number of carbonyl (C=O) groups excluding carboxylic acids is 1. The quantitative estimate of drug-likeness (QED) is 0.400. The van der Waals surface area contributed by atoms with E-state index in [0.717, 1.165) is 60.8 Å². The van der Waals surface area contributed by atoms with Gasteiger partial charge in [0.2, 0.25) is 0 Å². The Morgan fingerprint density at radius 2 is 2.14 bits per heavy atom. The molecule has 1 aromatic rings. The summed E-state index contributed by atoms with van der Waals surface area (Å²) in [6.45, 7) is 7.58. The number of allylic oxidation sites excluding steroid dienone is 2. The van der Waals surface area contributed by atoms with Gasteiger partial charge in [-0.25, -0.2) is 9.97 Å². The summed E-state index contributed by atoms with van der Waals surface area (Å²) in [6, 6.07) is 0. The highest BCUT2D eigenvalue weighted by Crippen LogP contribution is 2.48. The van der Waals surface area contributed by atoms with E-state index in [4.69, 9.17) is 15.5 Å². The molecule has 3 N–H and O–H groups in total. The molecule has 0 bridgehead atoms. The largest absolute Gasteiger partial charge is 0.466 e. The molecular weight excluding hydrogens is 374 g/mol. The third-order valence-electron chi connectivity index (χ3n) is 4.80. The molecule has 0 unspecified atom stereocenters. The Morgan fingerprint density at radius 3 is 2.93 bits per heavy atom. The molecule has 28 heavy (non-hydrogen) atoms. The van der Waals surface area contributed by atoms with Crippen molar-refractivity contribution in [2.75, 3.05) is 24.2 Å². The predicted molar refractivity (Wildman–Crippen MR) is 113 cm³/mol. The van der Waals surface area contributed by atoms with Crippen molar-refractivity contribution in [2.45, 2.75) is 64.3 Å². The molecule has 1 aromatic heterocycles. The van der Waals surface area contributed by atoms with E-state index in [1.807, 2.05) is 6.92 Å². The van der Waals surface area contributed by atoms with E-state index in [2.05, 4.69) is 29.1 Å². The second-order valence-corrected chi connectivity index (χ2v) is 8.93. The van der Waals surface area contributed by atoms with E-state index < -0.39 is 0 Å². The smallest absolute Gasteiger partial charge is 0.305 e. The molecule has 7 nitrogen and oxygen atoms in total. The highest BCUT2D eigenvalue weighted by molar-refractivity contribution is 8.04. The van der Waals surface area contributed by atoms with E-state index in [9.17, 15) is 4.79 Å². The maximum atomic E-state index is 11.4. The minimum absolute atomic E-state index is 0.109. The Bertz CT molecular complexity index is 804. The number of rotatable bonds is 7. The zero-order chi connectivity index (χ0) is 20.1. The van der Waals surface area contributed by atoms with Crippen LogP contribution in [0.5, 0.6) is 0 Å². The summed E-state index contributed by atoms with van der Waals surface area (Å²) in [4.78, 5) is 26.0. The van der Waals surface area contributed by atoms with E-state index in [-0.39, 0.29) is 11.4 Å². The summed E-state index contributed by atoms with van der Waals surface area (Å²) in [5.41, 5.74) is 9.26. The van der Waals surface area contributed by atoms with Gasteiger partial charge in [-0.15, -0.1) is 0 Å². The molecule has 3 rings (SSSR count). The van der Waals surface area contributed by atoms with Gasteiger partial charge in [0.1, 0.15) is 17.0 Å². The number of carbonyl (C=O) groups is 1. The normalized spacial score (nSPS) is 19.0. The standard InChI is InChI=1S/C20H29N5O2S/c1-4-27-15(26)8-6-5-7-9-22-13-10-20(2,3)11-14-17(13)28-19-16(25-14)18(21)23-12-24-19/h12,25H,4-11H2,1-3H3,(H2,21,23,24). The van der Waals surface area contributed by atoms with E-state index in [1.165, 1.54) is 11.2 Å². The van der Waals surface area contributed by atoms with Gasteiger partial charge in [0.05, 0.1) is 17.2 Å². The van der Waals surface area contributed by atoms with Crippen molar-refractivity contribution in [1.29, 1.82) is 0 Å². The number of fused-ring (bicyclic) bond motifs is 1. The number of aromatic nitrogens is 2. The lowest BCUT2D eigenvalue weighted by Crippen LogP contribution is -2.29. The first kappa shape index (κ1) is 20.6. The first-order chi connectivity index (χ1) is 13.4. The van der Waals surface area contributed by atoms with Crippen molar-refractivity contribution in [3.63, 3.8) is 0 Å². The summed E-state index contributed by atoms with van der Waals surface area (Å²) >= 11 is 1.64. The second kappa shape index (κ2) is 8.94. The van der Waals surface area contributed by atoms with Crippen LogP contribution in [0.1, 0.15) is 59.3 Å². The average molecular weight is 404 g/mol. The van der Waals surface area contributed by atoms with E-state index in [0.29, 0.717) is 18.8 Å². The highest BCUT2D eigenvalue weighted by Gasteiger charge is 2.35. The number of hydrogen-bond acceptors (Lipinski definition) is 8. The summed E-state index contributed by atoms with van der Waals surface area (Å²) < 4.78 is 4.96. The molecule has 0 fully saturated rings. The van der Waals surface area contributed by atoms with Crippen LogP contribution in [0.3, 0.4) is 0 Å². The van der Waals surface area contributed by atoms with Crippen LogP contribution in [0, 0.1) is 5.41 Å². The number of hydrogen-bond donors (Lipinski definition) is 2. The van der Waals surface area contributed by atoms with Gasteiger partial charge in [-0.3, -0.25) is 9.79 Å². The third kappa shape index (κ3) is 5.04. The van der Waals surface area contributed by atoms with E-state index >= 15 is 0 Å². The Labute approximate surface area is 170 Å². The van der Waals surface area contributed by atoms with Crippen LogP contribution in [0.15, 0.2) is 26.9 Å². The minimum Gasteiger partial charge on any atom is -0.466 e. The van der Waals surface area contributed by atoms with Gasteiger partial charge < -0.3 is 15.8 Å². The molecule has 0 radical (unpaired) electrons. The summed E-state index contributed by atoms with van der Waals surface area (Å²) in [7, 11) is 0. The third-order valence-corrected chi connectivity index (χ3v) is 5.99. The number of nitrogens with zero attached hydrogens (tertiary/aromatic N) is 3. The van der Waals surface area contributed by atoms with Crippen molar-refractivity contribution >= 4 is 34.9 Å². The van der Waals surface area contributed by atoms with Crippen LogP contribution in [-0.2, 0) is 9.53 Å². The number of ether oxygens (including phenoxy) is 1.